The van der Waals surface area contributed by atoms with E-state index in [4.69, 9.17) is 16.3 Å². The van der Waals surface area contributed by atoms with Gasteiger partial charge in [0.05, 0.1) is 13.7 Å². The van der Waals surface area contributed by atoms with E-state index >= 15 is 0 Å². The normalized spacial score (nSPS) is 15.5. The first kappa shape index (κ1) is 24.1. The average molecular weight is 457 g/mol. The molecular formula is C26H33ClN2O3. The van der Waals surface area contributed by atoms with Crippen LogP contribution in [-0.4, -0.2) is 35.7 Å². The monoisotopic (exact) mass is 456 g/mol. The summed E-state index contributed by atoms with van der Waals surface area (Å²) < 4.78 is 5.49. The van der Waals surface area contributed by atoms with Crippen molar-refractivity contribution >= 4 is 23.4 Å². The molecule has 0 saturated heterocycles. The number of hydrogen-bond acceptors (Lipinski definition) is 3. The molecule has 1 aliphatic rings. The lowest BCUT2D eigenvalue weighted by Crippen LogP contribution is -2.46. The molecule has 32 heavy (non-hydrogen) atoms. The Hall–Kier alpha value is -2.53. The lowest BCUT2D eigenvalue weighted by molar-refractivity contribution is -0.140. The summed E-state index contributed by atoms with van der Waals surface area (Å²) in [6.45, 7) is 2.23. The summed E-state index contributed by atoms with van der Waals surface area (Å²) >= 11 is 6.01. The zero-order chi connectivity index (χ0) is 22.9. The van der Waals surface area contributed by atoms with Crippen LogP contribution < -0.4 is 10.1 Å². The maximum atomic E-state index is 13.6. The maximum Gasteiger partial charge on any atom is 0.247 e. The van der Waals surface area contributed by atoms with Crippen LogP contribution in [-0.2, 0) is 16.1 Å². The molecule has 5 nitrogen and oxygen atoms in total. The zero-order valence-corrected chi connectivity index (χ0v) is 19.7. The summed E-state index contributed by atoms with van der Waals surface area (Å²) in [7, 11) is 1.60. The summed E-state index contributed by atoms with van der Waals surface area (Å²) in [5, 5.41) is 3.24. The van der Waals surface area contributed by atoms with E-state index in [2.05, 4.69) is 5.32 Å². The molecule has 2 aromatic carbocycles. The van der Waals surface area contributed by atoms with Gasteiger partial charge in [-0.25, -0.2) is 0 Å². The summed E-state index contributed by atoms with van der Waals surface area (Å²) in [6, 6.07) is 14.7. The average Bonchev–Trinajstić information content (AvgIpc) is 3.08. The molecule has 1 N–H and O–H groups in total. The van der Waals surface area contributed by atoms with Crippen molar-refractivity contribution in [2.45, 2.75) is 64.1 Å². The van der Waals surface area contributed by atoms with E-state index in [-0.39, 0.29) is 30.3 Å². The van der Waals surface area contributed by atoms with Crippen LogP contribution in [0.15, 0.2) is 48.5 Å². The first-order valence-electron chi connectivity index (χ1n) is 11.4. The van der Waals surface area contributed by atoms with Gasteiger partial charge in [-0.1, -0.05) is 73.7 Å². The molecule has 0 bridgehead atoms. The van der Waals surface area contributed by atoms with E-state index in [1.54, 1.807) is 12.0 Å². The number of hydrogen-bond donors (Lipinski definition) is 1. The highest BCUT2D eigenvalue weighted by Crippen LogP contribution is 2.28. The van der Waals surface area contributed by atoms with E-state index in [0.29, 0.717) is 5.75 Å². The molecule has 1 atom stereocenters. The summed E-state index contributed by atoms with van der Waals surface area (Å²) in [4.78, 5) is 28.2. The van der Waals surface area contributed by atoms with Crippen LogP contribution in [0.2, 0.25) is 0 Å². The molecular weight excluding hydrogens is 424 g/mol. The number of benzene rings is 2. The highest BCUT2D eigenvalue weighted by Gasteiger charge is 2.33. The van der Waals surface area contributed by atoms with E-state index in [1.165, 1.54) is 12.8 Å². The Bertz CT molecular complexity index is 892. The standard InChI is InChI=1S/C26H33ClN2O3/c1-19-13-15-20(16-14-19)25(26(31)28-22-10-5-3-4-6-11-22)29(24(30)17-27)18-21-9-7-8-12-23(21)32-2/h7-9,12-16,22,25H,3-6,10-11,17-18H2,1-2H3,(H,28,31)/t25-/m0/s1. The zero-order valence-electron chi connectivity index (χ0n) is 19.0. The van der Waals surface area contributed by atoms with Crippen molar-refractivity contribution in [1.29, 1.82) is 0 Å². The van der Waals surface area contributed by atoms with Gasteiger partial charge in [0.25, 0.3) is 0 Å². The quantitative estimate of drug-likeness (QED) is 0.441. The fraction of sp³-hybridized carbons (Fsp3) is 0.462. The number of amides is 2. The predicted molar refractivity (Wildman–Crippen MR) is 128 cm³/mol. The van der Waals surface area contributed by atoms with Gasteiger partial charge in [-0.05, 0) is 31.4 Å². The lowest BCUT2D eigenvalue weighted by atomic mass is 10.00. The van der Waals surface area contributed by atoms with Gasteiger partial charge < -0.3 is 15.0 Å². The Morgan fingerprint density at radius 2 is 1.72 bits per heavy atom. The predicted octanol–water partition coefficient (Wildman–Crippen LogP) is 5.15. The smallest absolute Gasteiger partial charge is 0.247 e. The molecule has 2 aromatic rings. The molecule has 1 fully saturated rings. The molecule has 0 unspecified atom stereocenters. The van der Waals surface area contributed by atoms with Gasteiger partial charge in [-0.3, -0.25) is 9.59 Å². The minimum atomic E-state index is -0.769. The number of methoxy groups -OCH3 is 1. The summed E-state index contributed by atoms with van der Waals surface area (Å²) in [5.74, 6) is 0.0220. The summed E-state index contributed by atoms with van der Waals surface area (Å²) in [5.41, 5.74) is 2.69. The van der Waals surface area contributed by atoms with Crippen LogP contribution >= 0.6 is 11.6 Å². The molecule has 1 aliphatic carbocycles. The van der Waals surface area contributed by atoms with Crippen LogP contribution in [0.4, 0.5) is 0 Å². The Balaban J connectivity index is 1.96. The van der Waals surface area contributed by atoms with Crippen molar-refractivity contribution in [2.24, 2.45) is 0 Å². The largest absolute Gasteiger partial charge is 0.496 e. The lowest BCUT2D eigenvalue weighted by Gasteiger charge is -2.32. The topological polar surface area (TPSA) is 58.6 Å². The molecule has 2 amide bonds. The molecule has 3 rings (SSSR count). The minimum absolute atomic E-state index is 0.136. The first-order valence-corrected chi connectivity index (χ1v) is 11.9. The van der Waals surface area contributed by atoms with Gasteiger partial charge in [-0.15, -0.1) is 11.6 Å². The maximum absolute atomic E-state index is 13.6. The Morgan fingerprint density at radius 1 is 1.06 bits per heavy atom. The number of rotatable bonds is 8. The van der Waals surface area contributed by atoms with Gasteiger partial charge in [0, 0.05) is 11.6 Å². The van der Waals surface area contributed by atoms with Gasteiger partial charge >= 0.3 is 0 Å². The molecule has 0 aromatic heterocycles. The molecule has 1 saturated carbocycles. The van der Waals surface area contributed by atoms with Crippen molar-refractivity contribution in [2.75, 3.05) is 13.0 Å². The molecule has 0 aliphatic heterocycles. The summed E-state index contributed by atoms with van der Waals surface area (Å²) in [6.07, 6.45) is 6.60. The number of halogens is 1. The van der Waals surface area contributed by atoms with E-state index < -0.39 is 6.04 Å². The highest BCUT2D eigenvalue weighted by atomic mass is 35.5. The van der Waals surface area contributed by atoms with Crippen LogP contribution in [0.25, 0.3) is 0 Å². The number of aryl methyl sites for hydroxylation is 1. The second-order valence-corrected chi connectivity index (χ2v) is 8.74. The van der Waals surface area contributed by atoms with Crippen LogP contribution in [0, 0.1) is 6.92 Å². The van der Waals surface area contributed by atoms with Gasteiger partial charge in [0.15, 0.2) is 0 Å². The molecule has 6 heteroatoms. The Labute approximate surface area is 196 Å². The van der Waals surface area contributed by atoms with Crippen LogP contribution in [0.5, 0.6) is 5.75 Å². The van der Waals surface area contributed by atoms with Crippen molar-refractivity contribution < 1.29 is 14.3 Å². The highest BCUT2D eigenvalue weighted by molar-refractivity contribution is 6.27. The van der Waals surface area contributed by atoms with E-state index in [0.717, 1.165) is 42.4 Å². The number of carbonyl (C=O) groups excluding carboxylic acids is 2. The number of nitrogens with one attached hydrogen (secondary N) is 1. The fourth-order valence-electron chi connectivity index (χ4n) is 4.34. The SMILES string of the molecule is COc1ccccc1CN(C(=O)CCl)[C@H](C(=O)NC1CCCCCC1)c1ccc(C)cc1. The third-order valence-corrected chi connectivity index (χ3v) is 6.35. The number of ether oxygens (including phenoxy) is 1. The van der Waals surface area contributed by atoms with Crippen molar-refractivity contribution in [3.05, 3.63) is 65.2 Å². The van der Waals surface area contributed by atoms with Crippen molar-refractivity contribution in [3.8, 4) is 5.75 Å². The molecule has 0 spiro atoms. The first-order chi connectivity index (χ1) is 15.5. The van der Waals surface area contributed by atoms with E-state index in [9.17, 15) is 9.59 Å². The van der Waals surface area contributed by atoms with Crippen molar-refractivity contribution in [3.63, 3.8) is 0 Å². The van der Waals surface area contributed by atoms with Crippen molar-refractivity contribution in [1.82, 2.24) is 10.2 Å². The molecule has 172 valence electrons. The van der Waals surface area contributed by atoms with Gasteiger partial charge in [0.2, 0.25) is 11.8 Å². The number of para-hydroxylation sites is 1. The third-order valence-electron chi connectivity index (χ3n) is 6.12. The molecule has 0 heterocycles. The Kier molecular flexibility index (Phi) is 8.98. The Morgan fingerprint density at radius 3 is 2.34 bits per heavy atom. The third kappa shape index (κ3) is 6.26. The van der Waals surface area contributed by atoms with E-state index in [1.807, 2.05) is 55.5 Å². The minimum Gasteiger partial charge on any atom is -0.496 e. The second kappa shape index (κ2) is 11.9. The van der Waals surface area contributed by atoms with Crippen LogP contribution in [0.3, 0.4) is 0 Å². The van der Waals surface area contributed by atoms with Gasteiger partial charge in [0.1, 0.15) is 17.7 Å². The number of carbonyl (C=O) groups is 2. The van der Waals surface area contributed by atoms with Crippen LogP contribution in [0.1, 0.15) is 61.3 Å². The van der Waals surface area contributed by atoms with Gasteiger partial charge in [-0.2, -0.15) is 0 Å². The second-order valence-electron chi connectivity index (χ2n) is 8.48. The fourth-order valence-corrected chi connectivity index (χ4v) is 4.50. The number of nitrogens with zero attached hydrogens (tertiary/aromatic N) is 1. The number of alkyl halides is 1. The molecule has 0 radical (unpaired) electrons.